The molecule has 0 radical (unpaired) electrons. The van der Waals surface area contributed by atoms with Gasteiger partial charge in [0.05, 0.1) is 6.26 Å². The summed E-state index contributed by atoms with van der Waals surface area (Å²) >= 11 is 0. The minimum atomic E-state index is -0.329. The Morgan fingerprint density at radius 2 is 2.12 bits per heavy atom. The van der Waals surface area contributed by atoms with E-state index in [1.165, 1.54) is 6.92 Å². The van der Waals surface area contributed by atoms with Crippen molar-refractivity contribution >= 4 is 5.97 Å². The van der Waals surface area contributed by atoms with Crippen molar-refractivity contribution in [2.75, 3.05) is 0 Å². The molecular weight excluding hydrogens is 167 g/mol. The Bertz CT molecular complexity index is 74.4. The van der Waals surface area contributed by atoms with Gasteiger partial charge in [-0.2, -0.15) is 0 Å². The maximum atomic E-state index is 9.75. The van der Waals surface area contributed by atoms with Crippen molar-refractivity contribution in [1.82, 2.24) is 0 Å². The summed E-state index contributed by atoms with van der Waals surface area (Å²) in [4.78, 5) is 9.75. The Labute approximate surface area is 71.2 Å². The van der Waals surface area contributed by atoms with E-state index in [0.29, 0.717) is 0 Å². The van der Waals surface area contributed by atoms with Gasteiger partial charge in [0.25, 0.3) is 0 Å². The molecule has 0 atom stereocenters. The van der Waals surface area contributed by atoms with E-state index in [1.54, 1.807) is 0 Å². The molecule has 0 bridgehead atoms. The van der Waals surface area contributed by atoms with E-state index >= 15 is 0 Å². The van der Waals surface area contributed by atoms with E-state index in [1.807, 2.05) is 0 Å². The van der Waals surface area contributed by atoms with Crippen LogP contribution in [0.4, 0.5) is 0 Å². The maximum Gasteiger partial charge on any atom is 1.00 e. The first-order chi connectivity index (χ1) is 2.77. The van der Waals surface area contributed by atoms with Gasteiger partial charge < -0.3 is 21.7 Å². The van der Waals surface area contributed by atoms with Crippen molar-refractivity contribution in [3.05, 3.63) is 12.8 Å². The Balaban J connectivity index is -0.000000125. The summed E-state index contributed by atoms with van der Waals surface area (Å²) in [5, 5.41) is 0. The number of hydrogen-bond acceptors (Lipinski definition) is 2. The fraction of sp³-hybridized carbons (Fsp3) is 0.250. The Morgan fingerprint density at radius 3 is 2.12 bits per heavy atom. The summed E-state index contributed by atoms with van der Waals surface area (Å²) in [6, 6.07) is 0. The number of carbonyl (C=O) groups excluding carboxylic acids is 1. The minimum Gasteiger partial charge on any atom is -1.00 e. The topological polar surface area (TPSA) is 26.3 Å². The largest absolute Gasteiger partial charge is 1.00 e. The first-order valence-electron chi connectivity index (χ1n) is 1.55. The average molecular weight is 173 g/mol. The van der Waals surface area contributed by atoms with Crippen molar-refractivity contribution in [2.24, 2.45) is 0 Å². The predicted octanol–water partition coefficient (Wildman–Crippen LogP) is -5.30. The normalized spacial score (nSPS) is 5.12. The number of carbonyl (C=O) groups is 1. The minimum absolute atomic E-state index is 0. The Morgan fingerprint density at radius 1 is 1.75 bits per heavy atom. The van der Waals surface area contributed by atoms with Crippen molar-refractivity contribution in [1.29, 1.82) is 0 Å². The molecule has 0 saturated heterocycles. The quantitative estimate of drug-likeness (QED) is 0.225. The second kappa shape index (κ2) is 10.3. The molecule has 0 spiro atoms. The summed E-state index contributed by atoms with van der Waals surface area (Å²) in [6.45, 7) is 4.48. The molecule has 0 aromatic heterocycles. The van der Waals surface area contributed by atoms with E-state index in [4.69, 9.17) is 0 Å². The predicted molar refractivity (Wildman–Crippen MR) is 22.0 cm³/mol. The third kappa shape index (κ3) is 16.3. The zero-order valence-corrected chi connectivity index (χ0v) is 6.56. The van der Waals surface area contributed by atoms with Crippen LogP contribution in [0.15, 0.2) is 12.8 Å². The summed E-state index contributed by atoms with van der Waals surface area (Å²) in [7, 11) is 0. The van der Waals surface area contributed by atoms with E-state index < -0.39 is 0 Å². The van der Waals surface area contributed by atoms with Gasteiger partial charge in [-0.25, -0.2) is 0 Å². The molecule has 0 aromatic carbocycles. The third-order valence-electron chi connectivity index (χ3n) is 0.249. The summed E-state index contributed by atoms with van der Waals surface area (Å²) in [5.74, 6) is -0.329. The van der Waals surface area contributed by atoms with E-state index in [-0.39, 0.29) is 41.8 Å². The molecule has 4 heteroatoms. The van der Waals surface area contributed by atoms with Gasteiger partial charge in [0.15, 0.2) is 0 Å². The van der Waals surface area contributed by atoms with Crippen LogP contribution < -0.4 is 35.8 Å². The Kier molecular flexibility index (Phi) is 20.3. The molecule has 8 heavy (non-hydrogen) atoms. The van der Waals surface area contributed by atoms with Crippen LogP contribution in [0.1, 0.15) is 6.92 Å². The number of esters is 1. The van der Waals surface area contributed by atoms with Crippen molar-refractivity contribution in [3.63, 3.8) is 0 Å². The zero-order chi connectivity index (χ0) is 4.99. The number of ether oxygens (including phenoxy) is 1. The van der Waals surface area contributed by atoms with Gasteiger partial charge >= 0.3 is 24.8 Å². The van der Waals surface area contributed by atoms with Gasteiger partial charge in [0.1, 0.15) is 0 Å². The molecule has 0 aliphatic rings. The van der Waals surface area contributed by atoms with Crippen molar-refractivity contribution in [3.8, 4) is 0 Å². The molecule has 0 fully saturated rings. The van der Waals surface area contributed by atoms with Crippen molar-refractivity contribution in [2.45, 2.75) is 6.92 Å². The first kappa shape index (κ1) is 15.7. The monoisotopic (exact) mass is 172 g/mol. The van der Waals surface area contributed by atoms with Crippen LogP contribution in [-0.2, 0) is 9.53 Å². The first-order valence-corrected chi connectivity index (χ1v) is 1.55. The van der Waals surface area contributed by atoms with Crippen LogP contribution in [-0.4, -0.2) is 5.97 Å². The fourth-order valence-electron chi connectivity index (χ4n) is 0.117. The van der Waals surface area contributed by atoms with Gasteiger partial charge in [0, 0.05) is 6.92 Å². The second-order valence-electron chi connectivity index (χ2n) is 0.776. The smallest absolute Gasteiger partial charge is 1.00 e. The summed E-state index contributed by atoms with van der Waals surface area (Å²) in [6.07, 6.45) is 1.10. The molecule has 0 aliphatic carbocycles. The second-order valence-corrected chi connectivity index (χ2v) is 0.776. The molecule has 0 amide bonds. The molecular formula is C4H6BrLiO2. The molecule has 42 valence electrons. The Hall–Kier alpha value is 0.287. The van der Waals surface area contributed by atoms with Crippen LogP contribution in [0.5, 0.6) is 0 Å². The molecule has 0 heterocycles. The van der Waals surface area contributed by atoms with E-state index in [9.17, 15) is 4.79 Å². The molecule has 0 N–H and O–H groups in total. The van der Waals surface area contributed by atoms with Gasteiger partial charge in [0.2, 0.25) is 0 Å². The summed E-state index contributed by atoms with van der Waals surface area (Å²) < 4.78 is 4.17. The van der Waals surface area contributed by atoms with Crippen LogP contribution in [0.25, 0.3) is 0 Å². The third-order valence-corrected chi connectivity index (χ3v) is 0.249. The zero-order valence-electron chi connectivity index (χ0n) is 4.98. The SMILES string of the molecule is C=COC(C)=O.[Br-].[Li+]. The van der Waals surface area contributed by atoms with Crippen LogP contribution >= 0.6 is 0 Å². The standard InChI is InChI=1S/C4H6O2.BrH.Li/c1-3-6-4(2)5;;/h3H,1H2,2H3;1H;/q;;+1/p-1. The van der Waals surface area contributed by atoms with Crippen molar-refractivity contribution < 1.29 is 45.4 Å². The van der Waals surface area contributed by atoms with Crippen LogP contribution in [0.3, 0.4) is 0 Å². The number of hydrogen-bond donors (Lipinski definition) is 0. The van der Waals surface area contributed by atoms with Gasteiger partial charge in [-0.15, -0.1) is 0 Å². The fourth-order valence-corrected chi connectivity index (χ4v) is 0.117. The van der Waals surface area contributed by atoms with Gasteiger partial charge in [-0.1, -0.05) is 6.58 Å². The van der Waals surface area contributed by atoms with E-state index in [2.05, 4.69) is 11.3 Å². The van der Waals surface area contributed by atoms with Gasteiger partial charge in [-0.3, -0.25) is 4.79 Å². The number of rotatable bonds is 1. The van der Waals surface area contributed by atoms with E-state index in [0.717, 1.165) is 6.26 Å². The molecule has 0 saturated carbocycles. The van der Waals surface area contributed by atoms with Gasteiger partial charge in [-0.05, 0) is 0 Å². The summed E-state index contributed by atoms with van der Waals surface area (Å²) in [5.41, 5.74) is 0. The van der Waals surface area contributed by atoms with Crippen LogP contribution in [0, 0.1) is 0 Å². The van der Waals surface area contributed by atoms with Crippen LogP contribution in [0.2, 0.25) is 0 Å². The number of halogens is 1. The molecule has 0 unspecified atom stereocenters. The molecule has 0 aliphatic heterocycles. The average Bonchev–Trinajstić information content (AvgIpc) is 1.35. The molecule has 0 aromatic rings. The molecule has 0 rings (SSSR count). The maximum absolute atomic E-state index is 9.75. The molecule has 2 nitrogen and oxygen atoms in total.